The van der Waals surface area contributed by atoms with E-state index in [-0.39, 0.29) is 12.1 Å². The molecule has 0 radical (unpaired) electrons. The molecule has 92 valence electrons. The van der Waals surface area contributed by atoms with Crippen LogP contribution in [-0.4, -0.2) is 39.0 Å². The molecular formula is C10H21N5O. The molecule has 0 aliphatic carbocycles. The van der Waals surface area contributed by atoms with Gasteiger partial charge in [0.15, 0.2) is 5.82 Å². The fraction of sp³-hybridized carbons (Fsp3) is 0.900. The summed E-state index contributed by atoms with van der Waals surface area (Å²) in [6, 6.07) is -0.0934. The van der Waals surface area contributed by atoms with Gasteiger partial charge in [0.05, 0.1) is 13.2 Å². The number of nitrogens with zero attached hydrogens (tertiary/aromatic N) is 4. The fourth-order valence-electron chi connectivity index (χ4n) is 1.73. The summed E-state index contributed by atoms with van der Waals surface area (Å²) in [5, 5.41) is 11.8. The zero-order valence-corrected chi connectivity index (χ0v) is 10.4. The van der Waals surface area contributed by atoms with Crippen LogP contribution in [0.25, 0.3) is 0 Å². The molecule has 2 unspecified atom stereocenters. The summed E-state index contributed by atoms with van der Waals surface area (Å²) in [6.45, 7) is 6.85. The first-order valence-corrected chi connectivity index (χ1v) is 5.64. The van der Waals surface area contributed by atoms with Gasteiger partial charge in [-0.15, -0.1) is 10.2 Å². The Bertz CT molecular complexity index is 312. The highest BCUT2D eigenvalue weighted by Gasteiger charge is 2.23. The highest BCUT2D eigenvalue weighted by atomic mass is 16.5. The van der Waals surface area contributed by atoms with Crippen molar-refractivity contribution in [1.82, 2.24) is 20.2 Å². The van der Waals surface area contributed by atoms with Crippen LogP contribution >= 0.6 is 0 Å². The standard InChI is InChI=1S/C10H21N5O/c1-5-16-10(7(2)3)8(11)6-9-12-14-15(4)13-9/h7-8,10H,5-6,11H2,1-4H3. The zero-order valence-electron chi connectivity index (χ0n) is 10.4. The lowest BCUT2D eigenvalue weighted by molar-refractivity contribution is 0.0123. The zero-order chi connectivity index (χ0) is 12.1. The number of tetrazole rings is 1. The molecule has 2 atom stereocenters. The van der Waals surface area contributed by atoms with E-state index in [0.717, 1.165) is 0 Å². The van der Waals surface area contributed by atoms with E-state index in [4.69, 9.17) is 10.5 Å². The van der Waals surface area contributed by atoms with Crippen molar-refractivity contribution < 1.29 is 4.74 Å². The molecule has 0 fully saturated rings. The van der Waals surface area contributed by atoms with Gasteiger partial charge in [0.2, 0.25) is 0 Å². The minimum absolute atomic E-state index is 0.0359. The maximum absolute atomic E-state index is 6.10. The number of aryl methyl sites for hydroxylation is 1. The van der Waals surface area contributed by atoms with Crippen LogP contribution in [0.15, 0.2) is 0 Å². The summed E-state index contributed by atoms with van der Waals surface area (Å²) in [5.41, 5.74) is 6.10. The van der Waals surface area contributed by atoms with Gasteiger partial charge in [0, 0.05) is 19.1 Å². The highest BCUT2D eigenvalue weighted by Crippen LogP contribution is 2.12. The van der Waals surface area contributed by atoms with E-state index in [1.807, 2.05) is 6.92 Å². The molecule has 6 nitrogen and oxygen atoms in total. The van der Waals surface area contributed by atoms with Crippen molar-refractivity contribution >= 4 is 0 Å². The van der Waals surface area contributed by atoms with Crippen molar-refractivity contribution in [1.29, 1.82) is 0 Å². The van der Waals surface area contributed by atoms with E-state index >= 15 is 0 Å². The third kappa shape index (κ3) is 3.53. The fourth-order valence-corrected chi connectivity index (χ4v) is 1.73. The Balaban J connectivity index is 2.57. The number of hydrogen-bond donors (Lipinski definition) is 1. The summed E-state index contributed by atoms with van der Waals surface area (Å²) in [5.74, 6) is 1.05. The Morgan fingerprint density at radius 3 is 2.56 bits per heavy atom. The van der Waals surface area contributed by atoms with Crippen LogP contribution in [0.2, 0.25) is 0 Å². The second-order valence-corrected chi connectivity index (χ2v) is 4.23. The summed E-state index contributed by atoms with van der Waals surface area (Å²) in [6.07, 6.45) is 0.630. The predicted octanol–water partition coefficient (Wildman–Crippen LogP) is 0.141. The largest absolute Gasteiger partial charge is 0.377 e. The Labute approximate surface area is 96.2 Å². The maximum atomic E-state index is 6.10. The quantitative estimate of drug-likeness (QED) is 0.748. The smallest absolute Gasteiger partial charge is 0.176 e. The number of rotatable bonds is 6. The molecule has 0 saturated heterocycles. The van der Waals surface area contributed by atoms with Crippen molar-refractivity contribution in [3.63, 3.8) is 0 Å². The molecule has 16 heavy (non-hydrogen) atoms. The Kier molecular flexibility index (Phi) is 4.82. The lowest BCUT2D eigenvalue weighted by Gasteiger charge is -2.26. The van der Waals surface area contributed by atoms with Gasteiger partial charge < -0.3 is 10.5 Å². The Morgan fingerprint density at radius 1 is 1.44 bits per heavy atom. The van der Waals surface area contributed by atoms with Gasteiger partial charge in [-0.3, -0.25) is 0 Å². The first-order chi connectivity index (χ1) is 7.54. The predicted molar refractivity (Wildman–Crippen MR) is 60.7 cm³/mol. The molecule has 2 N–H and O–H groups in total. The lowest BCUT2D eigenvalue weighted by Crippen LogP contribution is -2.42. The summed E-state index contributed by atoms with van der Waals surface area (Å²) >= 11 is 0. The number of nitrogens with two attached hydrogens (primary N) is 1. The van der Waals surface area contributed by atoms with E-state index in [9.17, 15) is 0 Å². The molecular weight excluding hydrogens is 206 g/mol. The van der Waals surface area contributed by atoms with Gasteiger partial charge in [-0.2, -0.15) is 4.80 Å². The Hall–Kier alpha value is -1.01. The lowest BCUT2D eigenvalue weighted by atomic mass is 9.97. The van der Waals surface area contributed by atoms with Gasteiger partial charge in [-0.25, -0.2) is 0 Å². The van der Waals surface area contributed by atoms with Crippen LogP contribution in [-0.2, 0) is 18.2 Å². The van der Waals surface area contributed by atoms with Crippen LogP contribution in [0.1, 0.15) is 26.6 Å². The Morgan fingerprint density at radius 2 is 2.12 bits per heavy atom. The molecule has 0 saturated carbocycles. The monoisotopic (exact) mass is 227 g/mol. The molecule has 6 heteroatoms. The molecule has 1 heterocycles. The summed E-state index contributed by atoms with van der Waals surface area (Å²) in [7, 11) is 1.74. The van der Waals surface area contributed by atoms with E-state index in [1.54, 1.807) is 7.05 Å². The van der Waals surface area contributed by atoms with E-state index in [1.165, 1.54) is 4.80 Å². The highest BCUT2D eigenvalue weighted by molar-refractivity contribution is 4.88. The van der Waals surface area contributed by atoms with Crippen molar-refractivity contribution in [3.8, 4) is 0 Å². The topological polar surface area (TPSA) is 78.9 Å². The van der Waals surface area contributed by atoms with Gasteiger partial charge in [0.1, 0.15) is 0 Å². The molecule has 0 aliphatic rings. The summed E-state index contributed by atoms with van der Waals surface area (Å²) in [4.78, 5) is 1.44. The van der Waals surface area contributed by atoms with E-state index in [2.05, 4.69) is 29.3 Å². The van der Waals surface area contributed by atoms with Gasteiger partial charge in [0.25, 0.3) is 0 Å². The third-order valence-electron chi connectivity index (χ3n) is 2.41. The molecule has 1 aromatic heterocycles. The molecule has 0 aliphatic heterocycles. The average molecular weight is 227 g/mol. The average Bonchev–Trinajstić information content (AvgIpc) is 2.59. The van der Waals surface area contributed by atoms with Gasteiger partial charge in [-0.1, -0.05) is 13.8 Å². The van der Waals surface area contributed by atoms with Crippen LogP contribution in [0.5, 0.6) is 0 Å². The van der Waals surface area contributed by atoms with Gasteiger partial charge in [-0.05, 0) is 18.1 Å². The normalized spacial score (nSPS) is 15.4. The van der Waals surface area contributed by atoms with Crippen molar-refractivity contribution in [2.45, 2.75) is 39.3 Å². The van der Waals surface area contributed by atoms with Crippen molar-refractivity contribution in [2.24, 2.45) is 18.7 Å². The molecule has 0 aromatic carbocycles. The molecule has 0 amide bonds. The first-order valence-electron chi connectivity index (χ1n) is 5.64. The third-order valence-corrected chi connectivity index (χ3v) is 2.41. The van der Waals surface area contributed by atoms with Crippen molar-refractivity contribution in [2.75, 3.05) is 6.61 Å². The van der Waals surface area contributed by atoms with Crippen LogP contribution < -0.4 is 5.73 Å². The second-order valence-electron chi connectivity index (χ2n) is 4.23. The van der Waals surface area contributed by atoms with E-state index in [0.29, 0.717) is 24.8 Å². The van der Waals surface area contributed by atoms with Gasteiger partial charge >= 0.3 is 0 Å². The molecule has 1 aromatic rings. The molecule has 0 bridgehead atoms. The van der Waals surface area contributed by atoms with Crippen LogP contribution in [0.4, 0.5) is 0 Å². The SMILES string of the molecule is CCOC(C(C)C)C(N)Cc1nnn(C)n1. The van der Waals surface area contributed by atoms with Crippen LogP contribution in [0.3, 0.4) is 0 Å². The van der Waals surface area contributed by atoms with Crippen LogP contribution in [0, 0.1) is 5.92 Å². The summed E-state index contributed by atoms with van der Waals surface area (Å²) < 4.78 is 5.64. The molecule has 0 spiro atoms. The number of hydrogen-bond acceptors (Lipinski definition) is 5. The van der Waals surface area contributed by atoms with E-state index < -0.39 is 0 Å². The molecule has 1 rings (SSSR count). The minimum Gasteiger partial charge on any atom is -0.377 e. The maximum Gasteiger partial charge on any atom is 0.176 e. The minimum atomic E-state index is -0.0934. The van der Waals surface area contributed by atoms with Crippen molar-refractivity contribution in [3.05, 3.63) is 5.82 Å². The number of ether oxygens (including phenoxy) is 1. The first kappa shape index (κ1) is 13.1. The second kappa shape index (κ2) is 5.91. The number of aromatic nitrogens is 4.